The number of hydrogen-bond donors (Lipinski definition) is 0. The molecule has 0 atom stereocenters. The summed E-state index contributed by atoms with van der Waals surface area (Å²) in [6.45, 7) is 0. The molecule has 7 heteroatoms. The van der Waals surface area contributed by atoms with E-state index in [0.29, 0.717) is 21.4 Å². The van der Waals surface area contributed by atoms with Crippen LogP contribution in [0.25, 0.3) is 10.2 Å². The second-order valence-electron chi connectivity index (χ2n) is 6.05. The van der Waals surface area contributed by atoms with E-state index in [1.165, 1.54) is 16.3 Å². The third-order valence-corrected chi connectivity index (χ3v) is 5.08. The molecule has 1 aliphatic heterocycles. The van der Waals surface area contributed by atoms with E-state index < -0.39 is 0 Å². The molecule has 1 aromatic heterocycles. The predicted octanol–water partition coefficient (Wildman–Crippen LogP) is 4.15. The van der Waals surface area contributed by atoms with Gasteiger partial charge >= 0.3 is 0 Å². The van der Waals surface area contributed by atoms with Crippen LogP contribution in [-0.2, 0) is 4.79 Å². The smallest absolute Gasteiger partial charge is 0.284 e. The van der Waals surface area contributed by atoms with Crippen LogP contribution in [0.3, 0.4) is 0 Å². The Kier molecular flexibility index (Phi) is 4.22. The number of amides is 1. The van der Waals surface area contributed by atoms with Gasteiger partial charge in [-0.15, -0.1) is 0 Å². The quantitative estimate of drug-likeness (QED) is 0.639. The van der Waals surface area contributed by atoms with Gasteiger partial charge < -0.3 is 4.90 Å². The first-order chi connectivity index (χ1) is 12.5. The summed E-state index contributed by atoms with van der Waals surface area (Å²) < 4.78 is 0.957. The highest BCUT2D eigenvalue weighted by Gasteiger charge is 2.34. The second kappa shape index (κ2) is 6.55. The topological polar surface area (TPSA) is 48.8 Å². The molecule has 0 unspecified atom stereocenters. The van der Waals surface area contributed by atoms with Crippen LogP contribution in [0.15, 0.2) is 65.4 Å². The molecule has 0 spiro atoms. The Bertz CT molecular complexity index is 1060. The van der Waals surface area contributed by atoms with Gasteiger partial charge in [0.05, 0.1) is 15.8 Å². The fourth-order valence-corrected chi connectivity index (χ4v) is 3.77. The SMILES string of the molecule is CN(C)/C=C1/C(=O)N(c2nc3cc(Cl)ccc3s2)N=C1c1ccccc1. The number of hydrazone groups is 1. The van der Waals surface area contributed by atoms with Crippen LogP contribution in [-0.4, -0.2) is 35.6 Å². The van der Waals surface area contributed by atoms with Gasteiger partial charge in [0, 0.05) is 30.9 Å². The van der Waals surface area contributed by atoms with Gasteiger partial charge in [-0.05, 0) is 18.2 Å². The maximum Gasteiger partial charge on any atom is 0.284 e. The summed E-state index contributed by atoms with van der Waals surface area (Å²) in [5, 5.41) is 7.10. The van der Waals surface area contributed by atoms with Crippen molar-refractivity contribution in [3.8, 4) is 0 Å². The molecule has 0 fully saturated rings. The minimum Gasteiger partial charge on any atom is -0.383 e. The van der Waals surface area contributed by atoms with E-state index >= 15 is 0 Å². The van der Waals surface area contributed by atoms with Gasteiger partial charge in [0.25, 0.3) is 5.91 Å². The van der Waals surface area contributed by atoms with Gasteiger partial charge in [0.15, 0.2) is 0 Å². The molecule has 26 heavy (non-hydrogen) atoms. The van der Waals surface area contributed by atoms with Crippen LogP contribution in [0, 0.1) is 0 Å². The first-order valence-corrected chi connectivity index (χ1v) is 9.15. The van der Waals surface area contributed by atoms with Crippen LogP contribution in [0.5, 0.6) is 0 Å². The molecule has 2 heterocycles. The van der Waals surface area contributed by atoms with E-state index in [2.05, 4.69) is 10.1 Å². The minimum absolute atomic E-state index is 0.192. The number of benzene rings is 2. The lowest BCUT2D eigenvalue weighted by Gasteiger charge is -2.09. The Morgan fingerprint density at radius 1 is 1.15 bits per heavy atom. The molecule has 2 aromatic carbocycles. The maximum atomic E-state index is 13.0. The molecule has 1 aliphatic rings. The first-order valence-electron chi connectivity index (χ1n) is 7.96. The van der Waals surface area contributed by atoms with E-state index in [1.807, 2.05) is 61.5 Å². The van der Waals surface area contributed by atoms with Crippen LogP contribution in [0.4, 0.5) is 5.13 Å². The lowest BCUT2D eigenvalue weighted by Crippen LogP contribution is -2.22. The number of hydrogen-bond acceptors (Lipinski definition) is 5. The number of rotatable bonds is 3. The van der Waals surface area contributed by atoms with Crippen molar-refractivity contribution in [1.82, 2.24) is 9.88 Å². The molecule has 0 bridgehead atoms. The highest BCUT2D eigenvalue weighted by Crippen LogP contribution is 2.34. The molecule has 0 saturated heterocycles. The lowest BCUT2D eigenvalue weighted by atomic mass is 10.0. The molecule has 5 nitrogen and oxygen atoms in total. The predicted molar refractivity (Wildman–Crippen MR) is 107 cm³/mol. The molecule has 0 aliphatic carbocycles. The summed E-state index contributed by atoms with van der Waals surface area (Å²) in [4.78, 5) is 19.4. The van der Waals surface area contributed by atoms with Crippen molar-refractivity contribution in [3.63, 3.8) is 0 Å². The number of anilines is 1. The third-order valence-electron chi connectivity index (χ3n) is 3.83. The van der Waals surface area contributed by atoms with Crippen molar-refractivity contribution in [2.45, 2.75) is 0 Å². The van der Waals surface area contributed by atoms with Crippen molar-refractivity contribution in [2.75, 3.05) is 19.1 Å². The Morgan fingerprint density at radius 2 is 1.92 bits per heavy atom. The Morgan fingerprint density at radius 3 is 2.65 bits per heavy atom. The van der Waals surface area contributed by atoms with Crippen molar-refractivity contribution >= 4 is 49.9 Å². The van der Waals surface area contributed by atoms with Crippen molar-refractivity contribution in [2.24, 2.45) is 5.10 Å². The molecule has 4 rings (SSSR count). The normalized spacial score (nSPS) is 15.8. The molecule has 130 valence electrons. The molecule has 1 amide bonds. The third kappa shape index (κ3) is 2.98. The average Bonchev–Trinajstić information content (AvgIpc) is 3.17. The zero-order valence-corrected chi connectivity index (χ0v) is 15.8. The summed E-state index contributed by atoms with van der Waals surface area (Å²) in [7, 11) is 3.76. The summed E-state index contributed by atoms with van der Waals surface area (Å²) in [5.74, 6) is -0.192. The first kappa shape index (κ1) is 16.8. The van der Waals surface area contributed by atoms with Gasteiger partial charge in [-0.2, -0.15) is 10.1 Å². The zero-order chi connectivity index (χ0) is 18.3. The molecule has 0 N–H and O–H groups in total. The molecule has 0 saturated carbocycles. The molecular weight excluding hydrogens is 368 g/mol. The maximum absolute atomic E-state index is 13.0. The van der Waals surface area contributed by atoms with Gasteiger partial charge in [-0.3, -0.25) is 4.79 Å². The van der Waals surface area contributed by atoms with Crippen LogP contribution < -0.4 is 5.01 Å². The number of thiazole rings is 1. The van der Waals surface area contributed by atoms with E-state index in [4.69, 9.17) is 11.6 Å². The van der Waals surface area contributed by atoms with Crippen molar-refractivity contribution < 1.29 is 4.79 Å². The lowest BCUT2D eigenvalue weighted by molar-refractivity contribution is -0.114. The molecular formula is C19H15ClN4OS. The highest BCUT2D eigenvalue weighted by molar-refractivity contribution is 7.22. The van der Waals surface area contributed by atoms with E-state index in [1.54, 1.807) is 12.3 Å². The van der Waals surface area contributed by atoms with E-state index in [9.17, 15) is 4.79 Å². The average molecular weight is 383 g/mol. The van der Waals surface area contributed by atoms with Crippen molar-refractivity contribution in [1.29, 1.82) is 0 Å². The zero-order valence-electron chi connectivity index (χ0n) is 14.2. The second-order valence-corrected chi connectivity index (χ2v) is 7.49. The minimum atomic E-state index is -0.192. The monoisotopic (exact) mass is 382 g/mol. The number of carbonyl (C=O) groups is 1. The fraction of sp³-hybridized carbons (Fsp3) is 0.105. The highest BCUT2D eigenvalue weighted by atomic mass is 35.5. The van der Waals surface area contributed by atoms with E-state index in [0.717, 1.165) is 15.8 Å². The van der Waals surface area contributed by atoms with Gasteiger partial charge in [-0.25, -0.2) is 4.98 Å². The Labute approximate surface area is 159 Å². The summed E-state index contributed by atoms with van der Waals surface area (Å²) in [5.41, 5.74) is 2.83. The van der Waals surface area contributed by atoms with Gasteiger partial charge in [0.1, 0.15) is 5.71 Å². The Balaban J connectivity index is 1.83. The standard InChI is InChI=1S/C19H15ClN4OS/c1-23(2)11-14-17(12-6-4-3-5-7-12)22-24(18(14)25)19-21-15-10-13(20)8-9-16(15)26-19/h3-11H,1-2H3/b14-11+. The summed E-state index contributed by atoms with van der Waals surface area (Å²) in [6.07, 6.45) is 1.79. The number of halogens is 1. The van der Waals surface area contributed by atoms with Gasteiger partial charge in [-0.1, -0.05) is 53.3 Å². The number of carbonyl (C=O) groups excluding carboxylic acids is 1. The van der Waals surface area contributed by atoms with Crippen molar-refractivity contribution in [3.05, 3.63) is 70.9 Å². The summed E-state index contributed by atoms with van der Waals surface area (Å²) in [6, 6.07) is 15.2. The fourth-order valence-electron chi connectivity index (χ4n) is 2.71. The van der Waals surface area contributed by atoms with Crippen LogP contribution >= 0.6 is 22.9 Å². The van der Waals surface area contributed by atoms with Crippen LogP contribution in [0.2, 0.25) is 5.02 Å². The summed E-state index contributed by atoms with van der Waals surface area (Å²) >= 11 is 7.45. The largest absolute Gasteiger partial charge is 0.383 e. The number of nitrogens with zero attached hydrogens (tertiary/aromatic N) is 4. The number of fused-ring (bicyclic) bond motifs is 1. The number of aromatic nitrogens is 1. The van der Waals surface area contributed by atoms with Crippen LogP contribution in [0.1, 0.15) is 5.56 Å². The van der Waals surface area contributed by atoms with Gasteiger partial charge in [0.2, 0.25) is 5.13 Å². The Hall–Kier alpha value is -2.70. The molecule has 3 aromatic rings. The molecule has 0 radical (unpaired) electrons. The van der Waals surface area contributed by atoms with E-state index in [-0.39, 0.29) is 5.91 Å².